The monoisotopic (exact) mass is 434 g/mol. The molecule has 1 aliphatic carbocycles. The lowest BCUT2D eigenvalue weighted by atomic mass is 10.0. The third kappa shape index (κ3) is 4.82. The number of allylic oxidation sites excluding steroid dienone is 1. The standard InChI is InChI=1S/C23H26N6O3/c1-15-10-24-12-19(26-15)16-5-8-20(25-11-16)27-21(31)13-29-9-3-4-17(14-30)22(29)23(32)28(2)18-6-7-18/h5,8,10-12,14,18H,3-4,6-7,9,13H2,1-2H3,(H,25,27,31). The van der Waals surface area contributed by atoms with E-state index in [1.165, 1.54) is 0 Å². The smallest absolute Gasteiger partial charge is 0.270 e. The van der Waals surface area contributed by atoms with Gasteiger partial charge in [-0.05, 0) is 44.7 Å². The van der Waals surface area contributed by atoms with Crippen LogP contribution in [0.2, 0.25) is 0 Å². The number of rotatable bonds is 7. The molecule has 2 aromatic rings. The molecule has 32 heavy (non-hydrogen) atoms. The van der Waals surface area contributed by atoms with E-state index >= 15 is 0 Å². The maximum atomic E-state index is 13.0. The summed E-state index contributed by atoms with van der Waals surface area (Å²) in [5.74, 6) is -0.0881. The van der Waals surface area contributed by atoms with Crippen molar-refractivity contribution in [2.24, 2.45) is 0 Å². The number of pyridine rings is 1. The van der Waals surface area contributed by atoms with Crippen LogP contribution in [-0.2, 0) is 14.4 Å². The highest BCUT2D eigenvalue weighted by molar-refractivity contribution is 6.00. The van der Waals surface area contributed by atoms with Gasteiger partial charge in [0, 0.05) is 43.2 Å². The first-order valence-electron chi connectivity index (χ1n) is 10.7. The summed E-state index contributed by atoms with van der Waals surface area (Å²) in [6.45, 7) is 2.39. The van der Waals surface area contributed by atoms with Crippen LogP contribution in [-0.4, -0.2) is 69.0 Å². The third-order valence-corrected chi connectivity index (χ3v) is 5.67. The van der Waals surface area contributed by atoms with Gasteiger partial charge in [-0.1, -0.05) is 0 Å². The number of nitrogens with zero attached hydrogens (tertiary/aromatic N) is 5. The van der Waals surface area contributed by atoms with Crippen molar-refractivity contribution in [3.8, 4) is 11.3 Å². The van der Waals surface area contributed by atoms with E-state index in [1.807, 2.05) is 13.0 Å². The minimum atomic E-state index is -0.299. The minimum Gasteiger partial charge on any atom is -0.357 e. The predicted molar refractivity (Wildman–Crippen MR) is 118 cm³/mol. The minimum absolute atomic E-state index is 0.0241. The van der Waals surface area contributed by atoms with Gasteiger partial charge in [0.25, 0.3) is 5.91 Å². The molecule has 0 aromatic carbocycles. The lowest BCUT2D eigenvalue weighted by Crippen LogP contribution is -2.43. The van der Waals surface area contributed by atoms with Gasteiger partial charge in [0.2, 0.25) is 5.91 Å². The summed E-state index contributed by atoms with van der Waals surface area (Å²) in [5.41, 5.74) is 3.12. The Morgan fingerprint density at radius 1 is 1.25 bits per heavy atom. The molecule has 1 N–H and O–H groups in total. The lowest BCUT2D eigenvalue weighted by Gasteiger charge is -2.33. The fourth-order valence-electron chi connectivity index (χ4n) is 3.81. The van der Waals surface area contributed by atoms with E-state index in [-0.39, 0.29) is 24.4 Å². The molecule has 0 bridgehead atoms. The molecular formula is C23H26N6O3. The van der Waals surface area contributed by atoms with Crippen molar-refractivity contribution in [1.82, 2.24) is 24.8 Å². The average molecular weight is 435 g/mol. The van der Waals surface area contributed by atoms with Crippen LogP contribution in [0.5, 0.6) is 0 Å². The van der Waals surface area contributed by atoms with E-state index in [0.29, 0.717) is 35.7 Å². The Kier molecular flexibility index (Phi) is 6.25. The van der Waals surface area contributed by atoms with Crippen LogP contribution in [0.3, 0.4) is 0 Å². The molecule has 3 heterocycles. The summed E-state index contributed by atoms with van der Waals surface area (Å²) >= 11 is 0. The van der Waals surface area contributed by atoms with E-state index < -0.39 is 0 Å². The topological polar surface area (TPSA) is 108 Å². The number of aldehydes is 1. The molecule has 0 spiro atoms. The summed E-state index contributed by atoms with van der Waals surface area (Å²) in [7, 11) is 1.76. The van der Waals surface area contributed by atoms with Crippen molar-refractivity contribution in [3.63, 3.8) is 0 Å². The molecule has 2 aromatic heterocycles. The lowest BCUT2D eigenvalue weighted by molar-refractivity contribution is -0.129. The van der Waals surface area contributed by atoms with E-state index in [4.69, 9.17) is 0 Å². The number of hydrogen-bond donors (Lipinski definition) is 1. The first-order valence-corrected chi connectivity index (χ1v) is 10.7. The molecule has 1 fully saturated rings. The van der Waals surface area contributed by atoms with E-state index in [0.717, 1.165) is 36.8 Å². The van der Waals surface area contributed by atoms with Crippen LogP contribution in [0, 0.1) is 6.92 Å². The van der Waals surface area contributed by atoms with Gasteiger partial charge in [0.1, 0.15) is 17.8 Å². The van der Waals surface area contributed by atoms with Crippen LogP contribution >= 0.6 is 0 Å². The summed E-state index contributed by atoms with van der Waals surface area (Å²) in [4.78, 5) is 53.6. The molecule has 0 saturated heterocycles. The predicted octanol–water partition coefficient (Wildman–Crippen LogP) is 1.96. The van der Waals surface area contributed by atoms with Crippen molar-refractivity contribution < 1.29 is 14.4 Å². The second-order valence-electron chi connectivity index (χ2n) is 8.19. The molecule has 0 unspecified atom stereocenters. The first-order chi connectivity index (χ1) is 15.5. The van der Waals surface area contributed by atoms with Gasteiger partial charge in [-0.15, -0.1) is 0 Å². The first kappa shape index (κ1) is 21.6. The Hall–Kier alpha value is -3.62. The number of nitrogens with one attached hydrogen (secondary N) is 1. The van der Waals surface area contributed by atoms with Crippen molar-refractivity contribution in [3.05, 3.63) is 47.7 Å². The molecule has 0 atom stereocenters. The molecule has 1 aliphatic heterocycles. The Bertz CT molecular complexity index is 1060. The number of anilines is 1. The normalized spacial score (nSPS) is 16.0. The number of aromatic nitrogens is 3. The van der Waals surface area contributed by atoms with Gasteiger partial charge in [-0.25, -0.2) is 9.97 Å². The Morgan fingerprint density at radius 2 is 2.06 bits per heavy atom. The third-order valence-electron chi connectivity index (χ3n) is 5.67. The Morgan fingerprint density at radius 3 is 2.72 bits per heavy atom. The zero-order valence-corrected chi connectivity index (χ0v) is 18.2. The molecular weight excluding hydrogens is 408 g/mol. The van der Waals surface area contributed by atoms with Gasteiger partial charge in [0.15, 0.2) is 0 Å². The molecule has 2 aliphatic rings. The second kappa shape index (κ2) is 9.25. The highest BCUT2D eigenvalue weighted by atomic mass is 16.2. The quantitative estimate of drug-likeness (QED) is 0.664. The van der Waals surface area contributed by atoms with Gasteiger partial charge in [-0.3, -0.25) is 19.4 Å². The maximum Gasteiger partial charge on any atom is 0.270 e. The van der Waals surface area contributed by atoms with E-state index in [9.17, 15) is 14.4 Å². The van der Waals surface area contributed by atoms with Crippen molar-refractivity contribution in [2.45, 2.75) is 38.6 Å². The fourth-order valence-corrected chi connectivity index (χ4v) is 3.81. The van der Waals surface area contributed by atoms with Crippen LogP contribution in [0.1, 0.15) is 31.4 Å². The van der Waals surface area contributed by atoms with Crippen LogP contribution < -0.4 is 5.32 Å². The zero-order valence-electron chi connectivity index (χ0n) is 18.2. The molecule has 2 amide bonds. The molecule has 9 nitrogen and oxygen atoms in total. The van der Waals surface area contributed by atoms with Crippen molar-refractivity contribution in [1.29, 1.82) is 0 Å². The molecule has 0 radical (unpaired) electrons. The van der Waals surface area contributed by atoms with E-state index in [1.54, 1.807) is 41.5 Å². The summed E-state index contributed by atoms with van der Waals surface area (Å²) in [6, 6.07) is 3.74. The molecule has 9 heteroatoms. The molecule has 166 valence electrons. The molecule has 1 saturated carbocycles. The number of aryl methyl sites for hydroxylation is 1. The van der Waals surface area contributed by atoms with Gasteiger partial charge in [0.05, 0.1) is 24.1 Å². The zero-order chi connectivity index (χ0) is 22.7. The van der Waals surface area contributed by atoms with Crippen LogP contribution in [0.15, 0.2) is 42.0 Å². The van der Waals surface area contributed by atoms with Gasteiger partial charge in [-0.2, -0.15) is 0 Å². The van der Waals surface area contributed by atoms with Crippen LogP contribution in [0.4, 0.5) is 5.82 Å². The van der Waals surface area contributed by atoms with Crippen LogP contribution in [0.25, 0.3) is 11.3 Å². The number of carbonyl (C=O) groups excluding carboxylic acids is 3. The highest BCUT2D eigenvalue weighted by Crippen LogP contribution is 2.29. The SMILES string of the molecule is Cc1cncc(-c2ccc(NC(=O)CN3CCCC(C=O)=C3C(=O)N(C)C3CC3)nc2)n1. The second-order valence-corrected chi connectivity index (χ2v) is 8.19. The highest BCUT2D eigenvalue weighted by Gasteiger charge is 2.35. The number of likely N-dealkylation sites (N-methyl/N-ethyl adjacent to an activating group) is 1. The largest absolute Gasteiger partial charge is 0.357 e. The average Bonchev–Trinajstić information content (AvgIpc) is 3.64. The number of carbonyl (C=O) groups is 3. The Labute approximate surface area is 186 Å². The van der Waals surface area contributed by atoms with Crippen molar-refractivity contribution >= 4 is 23.9 Å². The van der Waals surface area contributed by atoms with E-state index in [2.05, 4.69) is 20.3 Å². The van der Waals surface area contributed by atoms with Crippen molar-refractivity contribution in [2.75, 3.05) is 25.5 Å². The number of hydrogen-bond acceptors (Lipinski definition) is 7. The fraction of sp³-hybridized carbons (Fsp3) is 0.391. The summed E-state index contributed by atoms with van der Waals surface area (Å²) in [6.07, 6.45) is 8.92. The van der Waals surface area contributed by atoms with Gasteiger partial charge < -0.3 is 15.1 Å². The Balaban J connectivity index is 1.44. The molecule has 4 rings (SSSR count). The summed E-state index contributed by atoms with van der Waals surface area (Å²) in [5, 5.41) is 2.77. The maximum absolute atomic E-state index is 13.0. The number of amides is 2. The van der Waals surface area contributed by atoms with Gasteiger partial charge >= 0.3 is 0 Å². The summed E-state index contributed by atoms with van der Waals surface area (Å²) < 4.78 is 0.